The fraction of sp³-hybridized carbons (Fsp3) is 0.423. The van der Waals surface area contributed by atoms with Gasteiger partial charge in [0, 0.05) is 11.3 Å². The molecule has 2 N–H and O–H groups in total. The fourth-order valence-electron chi connectivity index (χ4n) is 4.94. The first kappa shape index (κ1) is 26.6. The second-order valence-corrected chi connectivity index (χ2v) is 11.2. The van der Waals surface area contributed by atoms with E-state index in [-0.39, 0.29) is 34.1 Å². The molecule has 38 heavy (non-hydrogen) atoms. The number of ether oxygens (including phenoxy) is 1. The lowest BCUT2D eigenvalue weighted by Gasteiger charge is -2.33. The molecule has 1 aliphatic carbocycles. The summed E-state index contributed by atoms with van der Waals surface area (Å²) in [4.78, 5) is 27.3. The van der Waals surface area contributed by atoms with E-state index in [2.05, 4.69) is 15.7 Å². The lowest BCUT2D eigenvalue weighted by molar-refractivity contribution is -0.173. The number of fused-ring (bicyclic) bond motifs is 2. The number of hydrogen-bond donors (Lipinski definition) is 2. The van der Waals surface area contributed by atoms with Crippen LogP contribution < -0.4 is 10.6 Å². The van der Waals surface area contributed by atoms with Crippen molar-refractivity contribution in [3.8, 4) is 0 Å². The van der Waals surface area contributed by atoms with Crippen LogP contribution in [0, 0.1) is 0 Å². The van der Waals surface area contributed by atoms with Crippen molar-refractivity contribution in [1.82, 2.24) is 9.78 Å². The average molecular weight is 567 g/mol. The van der Waals surface area contributed by atoms with Gasteiger partial charge in [-0.1, -0.05) is 41.9 Å². The van der Waals surface area contributed by atoms with Gasteiger partial charge in [-0.3, -0.25) is 4.79 Å². The Kier molecular flexibility index (Phi) is 7.17. The zero-order chi connectivity index (χ0) is 27.2. The highest BCUT2D eigenvalue weighted by Crippen LogP contribution is 2.46. The van der Waals surface area contributed by atoms with E-state index in [1.54, 1.807) is 44.2 Å². The summed E-state index contributed by atoms with van der Waals surface area (Å²) >= 11 is 7.76. The van der Waals surface area contributed by atoms with E-state index in [0.717, 1.165) is 34.4 Å². The van der Waals surface area contributed by atoms with Crippen molar-refractivity contribution in [1.29, 1.82) is 0 Å². The highest BCUT2D eigenvalue weighted by atomic mass is 35.5. The van der Waals surface area contributed by atoms with Crippen LogP contribution >= 0.6 is 22.9 Å². The minimum Gasteiger partial charge on any atom is -0.459 e. The Labute approximate surface area is 226 Å². The van der Waals surface area contributed by atoms with Gasteiger partial charge in [0.05, 0.1) is 17.7 Å². The number of aromatic nitrogens is 2. The van der Waals surface area contributed by atoms with E-state index >= 15 is 0 Å². The van der Waals surface area contributed by atoms with E-state index < -0.39 is 30.1 Å². The Morgan fingerprint density at radius 3 is 2.61 bits per heavy atom. The molecule has 2 aromatic heterocycles. The van der Waals surface area contributed by atoms with Crippen molar-refractivity contribution < 1.29 is 27.5 Å². The molecule has 1 aromatic carbocycles. The van der Waals surface area contributed by atoms with Crippen LogP contribution in [0.3, 0.4) is 0 Å². The first-order chi connectivity index (χ1) is 18.0. The second kappa shape index (κ2) is 10.3. The Balaban J connectivity index is 1.50. The summed E-state index contributed by atoms with van der Waals surface area (Å²) in [5.41, 5.74) is 1.45. The molecule has 2 atom stereocenters. The summed E-state index contributed by atoms with van der Waals surface area (Å²) in [5, 5.41) is 9.80. The van der Waals surface area contributed by atoms with Crippen LogP contribution in [0.25, 0.3) is 0 Å². The Morgan fingerprint density at radius 1 is 1.21 bits per heavy atom. The number of hydrogen-bond acceptors (Lipinski definition) is 6. The van der Waals surface area contributed by atoms with Crippen molar-refractivity contribution in [3.05, 3.63) is 62.6 Å². The van der Waals surface area contributed by atoms with Crippen LogP contribution in [0.15, 0.2) is 30.3 Å². The van der Waals surface area contributed by atoms with Crippen molar-refractivity contribution in [2.45, 2.75) is 70.3 Å². The van der Waals surface area contributed by atoms with Crippen molar-refractivity contribution in [3.63, 3.8) is 0 Å². The van der Waals surface area contributed by atoms with Crippen molar-refractivity contribution in [2.24, 2.45) is 0 Å². The van der Waals surface area contributed by atoms with Crippen LogP contribution in [0.4, 0.5) is 24.0 Å². The largest absolute Gasteiger partial charge is 0.459 e. The number of carbonyl (C=O) groups excluding carboxylic acids is 2. The zero-order valence-corrected chi connectivity index (χ0v) is 22.3. The quantitative estimate of drug-likeness (QED) is 0.326. The number of nitrogens with zero attached hydrogens (tertiary/aromatic N) is 2. The van der Waals surface area contributed by atoms with Gasteiger partial charge in [0.25, 0.3) is 5.91 Å². The highest BCUT2D eigenvalue weighted by Gasteiger charge is 2.48. The smallest absolute Gasteiger partial charge is 0.410 e. The summed E-state index contributed by atoms with van der Waals surface area (Å²) in [6, 6.07) is 6.07. The normalized spacial score (nSPS) is 18.9. The number of nitrogens with one attached hydrogen (secondary N) is 2. The minimum absolute atomic E-state index is 0.0795. The summed E-state index contributed by atoms with van der Waals surface area (Å²) in [7, 11) is 0. The maximum atomic E-state index is 14.1. The predicted molar refractivity (Wildman–Crippen MR) is 139 cm³/mol. The number of thiophene rings is 1. The third-order valence-electron chi connectivity index (χ3n) is 6.66. The molecule has 3 aromatic rings. The van der Waals surface area contributed by atoms with Crippen LogP contribution in [0.1, 0.15) is 82.0 Å². The van der Waals surface area contributed by atoms with Crippen LogP contribution in [0.5, 0.6) is 0 Å². The lowest BCUT2D eigenvalue weighted by atomic mass is 9.95. The van der Waals surface area contributed by atoms with Gasteiger partial charge in [0.1, 0.15) is 15.8 Å². The van der Waals surface area contributed by atoms with E-state index in [1.165, 1.54) is 11.3 Å². The second-order valence-electron chi connectivity index (χ2n) is 9.68. The van der Waals surface area contributed by atoms with Gasteiger partial charge < -0.3 is 15.4 Å². The fourth-order valence-corrected chi connectivity index (χ4v) is 6.48. The predicted octanol–water partition coefficient (Wildman–Crippen LogP) is 6.95. The molecule has 0 saturated heterocycles. The highest BCUT2D eigenvalue weighted by molar-refractivity contribution is 7.17. The van der Waals surface area contributed by atoms with Crippen LogP contribution in [-0.2, 0) is 17.6 Å². The molecule has 3 heterocycles. The van der Waals surface area contributed by atoms with E-state index in [9.17, 15) is 22.8 Å². The van der Waals surface area contributed by atoms with Crippen LogP contribution in [0.2, 0.25) is 5.02 Å². The first-order valence-corrected chi connectivity index (χ1v) is 13.6. The van der Waals surface area contributed by atoms with Crippen molar-refractivity contribution >= 4 is 45.6 Å². The standard InChI is InChI=1S/C26H26ClF3N4O3S/c1-13(2)37-25(36)19-15-10-6-7-11-17(15)38-24(19)32-23(35)21-20(27)22-31-16(14-8-4-3-5-9-14)12-18(26(28,29)30)34(22)33-21/h3-5,8-9,13,16,18,31H,6-7,10-12H2,1-2H3,(H,32,35)/t16-,18+/m0/s1. The summed E-state index contributed by atoms with van der Waals surface area (Å²) < 4.78 is 48.4. The first-order valence-electron chi connectivity index (χ1n) is 12.4. The number of esters is 1. The number of carbonyl (C=O) groups is 2. The molecule has 7 nitrogen and oxygen atoms in total. The van der Waals surface area contributed by atoms with Gasteiger partial charge in [-0.2, -0.15) is 18.3 Å². The SMILES string of the molecule is CC(C)OC(=O)c1c(NC(=O)c2nn3c(c2Cl)N[C@H](c2ccccc2)C[C@@H]3C(F)(F)F)sc2c1CCCC2. The van der Waals surface area contributed by atoms with Crippen LogP contribution in [-0.4, -0.2) is 33.9 Å². The number of rotatable bonds is 5. The summed E-state index contributed by atoms with van der Waals surface area (Å²) in [6.07, 6.45) is -1.96. The molecule has 2 aliphatic rings. The lowest BCUT2D eigenvalue weighted by Crippen LogP contribution is -2.35. The maximum Gasteiger partial charge on any atom is 0.410 e. The number of benzene rings is 1. The molecular formula is C26H26ClF3N4O3S. The average Bonchev–Trinajstić information content (AvgIpc) is 3.40. The maximum absolute atomic E-state index is 14.1. The third kappa shape index (κ3) is 5.01. The number of alkyl halides is 3. The van der Waals surface area contributed by atoms with E-state index in [0.29, 0.717) is 17.5 Å². The Morgan fingerprint density at radius 2 is 1.92 bits per heavy atom. The molecule has 202 valence electrons. The number of anilines is 2. The molecule has 1 aliphatic heterocycles. The monoisotopic (exact) mass is 566 g/mol. The van der Waals surface area contributed by atoms with Crippen molar-refractivity contribution in [2.75, 3.05) is 10.6 Å². The molecule has 5 rings (SSSR count). The molecule has 0 saturated carbocycles. The molecule has 0 spiro atoms. The summed E-state index contributed by atoms with van der Waals surface area (Å²) in [6.45, 7) is 3.47. The summed E-state index contributed by atoms with van der Waals surface area (Å²) in [5.74, 6) is -1.42. The zero-order valence-electron chi connectivity index (χ0n) is 20.7. The number of aryl methyl sites for hydroxylation is 1. The number of halogens is 4. The van der Waals surface area contributed by atoms with Gasteiger partial charge in [-0.15, -0.1) is 11.3 Å². The Hall–Kier alpha value is -3.05. The molecule has 1 amide bonds. The molecular weight excluding hydrogens is 541 g/mol. The Bertz CT molecular complexity index is 1370. The molecule has 0 unspecified atom stereocenters. The number of amides is 1. The van der Waals surface area contributed by atoms with Gasteiger partial charge in [-0.25, -0.2) is 9.48 Å². The minimum atomic E-state index is -4.62. The van der Waals surface area contributed by atoms with Gasteiger partial charge in [0.15, 0.2) is 11.7 Å². The molecule has 0 fully saturated rings. The van der Waals surface area contributed by atoms with E-state index in [1.807, 2.05) is 0 Å². The molecule has 0 radical (unpaired) electrons. The topological polar surface area (TPSA) is 85.2 Å². The van der Waals surface area contributed by atoms with Gasteiger partial charge in [-0.05, 0) is 50.7 Å². The third-order valence-corrected chi connectivity index (χ3v) is 8.22. The molecule has 12 heteroatoms. The molecule has 0 bridgehead atoms. The van der Waals surface area contributed by atoms with Gasteiger partial charge >= 0.3 is 12.1 Å². The van der Waals surface area contributed by atoms with Gasteiger partial charge in [0.2, 0.25) is 0 Å². The van der Waals surface area contributed by atoms with E-state index in [4.69, 9.17) is 16.3 Å².